The van der Waals surface area contributed by atoms with Gasteiger partial charge in [-0.1, -0.05) is 12.8 Å². The maximum atomic E-state index is 12.5. The lowest BCUT2D eigenvalue weighted by molar-refractivity contribution is -0.384. The van der Waals surface area contributed by atoms with Crippen molar-refractivity contribution < 1.29 is 14.8 Å². The van der Waals surface area contributed by atoms with Gasteiger partial charge in [0.25, 0.3) is 5.69 Å². The fourth-order valence-electron chi connectivity index (χ4n) is 3.69. The fraction of sp³-hybridized carbons (Fsp3) is 0.588. The molecule has 2 aliphatic rings. The third-order valence-electron chi connectivity index (χ3n) is 5.00. The third-order valence-corrected chi connectivity index (χ3v) is 5.00. The van der Waals surface area contributed by atoms with Gasteiger partial charge in [0.15, 0.2) is 0 Å². The zero-order chi connectivity index (χ0) is 17.1. The Morgan fingerprint density at radius 3 is 2.75 bits per heavy atom. The van der Waals surface area contributed by atoms with E-state index in [2.05, 4.69) is 5.32 Å². The number of carbonyl (C=O) groups excluding carboxylic acids is 1. The summed E-state index contributed by atoms with van der Waals surface area (Å²) >= 11 is 0. The number of carbonyl (C=O) groups is 1. The molecule has 1 atom stereocenters. The van der Waals surface area contributed by atoms with Gasteiger partial charge in [0, 0.05) is 31.1 Å². The number of hydrogen-bond acceptors (Lipinski definition) is 5. The summed E-state index contributed by atoms with van der Waals surface area (Å²) in [5, 5.41) is 23.6. The first-order valence-electron chi connectivity index (χ1n) is 8.52. The first kappa shape index (κ1) is 16.7. The summed E-state index contributed by atoms with van der Waals surface area (Å²) in [6.07, 6.45) is 5.01. The monoisotopic (exact) mass is 333 g/mol. The highest BCUT2D eigenvalue weighted by molar-refractivity contribution is 5.79. The highest BCUT2D eigenvalue weighted by Gasteiger charge is 2.32. The molecule has 1 saturated heterocycles. The maximum absolute atomic E-state index is 12.5. The van der Waals surface area contributed by atoms with Crippen LogP contribution in [-0.2, 0) is 11.4 Å². The molecule has 2 N–H and O–H groups in total. The molecule has 7 heteroatoms. The SMILES string of the molecule is O=C(C1CCCC1)N1CCC(Nc2cc(CO)ccc2[N+](=O)[O-])C1. The second-order valence-corrected chi connectivity index (χ2v) is 6.66. The van der Waals surface area contributed by atoms with E-state index < -0.39 is 4.92 Å². The van der Waals surface area contributed by atoms with E-state index in [0.29, 0.717) is 24.3 Å². The van der Waals surface area contributed by atoms with Gasteiger partial charge in [-0.15, -0.1) is 0 Å². The topological polar surface area (TPSA) is 95.7 Å². The number of nitro groups is 1. The summed E-state index contributed by atoms with van der Waals surface area (Å²) in [5.41, 5.74) is 1.03. The van der Waals surface area contributed by atoms with Gasteiger partial charge in [-0.05, 0) is 37.0 Å². The molecule has 130 valence electrons. The molecular weight excluding hydrogens is 310 g/mol. The van der Waals surface area contributed by atoms with E-state index in [1.807, 2.05) is 4.90 Å². The van der Waals surface area contributed by atoms with Gasteiger partial charge >= 0.3 is 0 Å². The van der Waals surface area contributed by atoms with Crippen LogP contribution in [-0.4, -0.2) is 40.0 Å². The van der Waals surface area contributed by atoms with Crippen molar-refractivity contribution in [2.75, 3.05) is 18.4 Å². The highest BCUT2D eigenvalue weighted by Crippen LogP contribution is 2.30. The summed E-state index contributed by atoms with van der Waals surface area (Å²) in [6.45, 7) is 1.11. The second-order valence-electron chi connectivity index (χ2n) is 6.66. The first-order chi connectivity index (χ1) is 11.6. The number of nitrogens with zero attached hydrogens (tertiary/aromatic N) is 2. The molecule has 1 unspecified atom stereocenters. The molecule has 24 heavy (non-hydrogen) atoms. The minimum absolute atomic E-state index is 0.00277. The molecule has 1 aliphatic heterocycles. The third kappa shape index (κ3) is 3.51. The van der Waals surface area contributed by atoms with Crippen LogP contribution in [0.1, 0.15) is 37.7 Å². The molecule has 3 rings (SSSR count). The van der Waals surface area contributed by atoms with Crippen molar-refractivity contribution in [3.05, 3.63) is 33.9 Å². The van der Waals surface area contributed by atoms with Crippen molar-refractivity contribution in [1.82, 2.24) is 4.90 Å². The van der Waals surface area contributed by atoms with E-state index in [0.717, 1.165) is 32.1 Å². The predicted molar refractivity (Wildman–Crippen MR) is 89.6 cm³/mol. The molecule has 2 fully saturated rings. The van der Waals surface area contributed by atoms with Crippen LogP contribution in [0.4, 0.5) is 11.4 Å². The molecule has 7 nitrogen and oxygen atoms in total. The fourth-order valence-corrected chi connectivity index (χ4v) is 3.69. The van der Waals surface area contributed by atoms with Gasteiger partial charge in [0.05, 0.1) is 11.5 Å². The smallest absolute Gasteiger partial charge is 0.292 e. The van der Waals surface area contributed by atoms with Gasteiger partial charge < -0.3 is 15.3 Å². The minimum atomic E-state index is -0.431. The van der Waals surface area contributed by atoms with E-state index in [4.69, 9.17) is 0 Å². The van der Waals surface area contributed by atoms with Crippen LogP contribution in [0.25, 0.3) is 0 Å². The molecule has 1 aliphatic carbocycles. The normalized spacial score (nSPS) is 21.2. The molecule has 0 spiro atoms. The van der Waals surface area contributed by atoms with E-state index in [-0.39, 0.29) is 30.2 Å². The van der Waals surface area contributed by atoms with Gasteiger partial charge in [0.2, 0.25) is 5.91 Å². The largest absolute Gasteiger partial charge is 0.392 e. The molecule has 0 bridgehead atoms. The van der Waals surface area contributed by atoms with Crippen LogP contribution in [0.3, 0.4) is 0 Å². The first-order valence-corrected chi connectivity index (χ1v) is 8.52. The Balaban J connectivity index is 1.66. The summed E-state index contributed by atoms with van der Waals surface area (Å²) in [5.74, 6) is 0.395. The number of likely N-dealkylation sites (tertiary alicyclic amines) is 1. The lowest BCUT2D eigenvalue weighted by Crippen LogP contribution is -2.35. The summed E-state index contributed by atoms with van der Waals surface area (Å²) < 4.78 is 0. The number of nitrogens with one attached hydrogen (secondary N) is 1. The molecule has 1 heterocycles. The zero-order valence-corrected chi connectivity index (χ0v) is 13.6. The second kappa shape index (κ2) is 7.17. The van der Waals surface area contributed by atoms with E-state index in [1.165, 1.54) is 6.07 Å². The van der Waals surface area contributed by atoms with E-state index in [9.17, 15) is 20.0 Å². The number of hydrogen-bond donors (Lipinski definition) is 2. The van der Waals surface area contributed by atoms with Crippen LogP contribution < -0.4 is 5.32 Å². The minimum Gasteiger partial charge on any atom is -0.392 e. The van der Waals surface area contributed by atoms with Crippen molar-refractivity contribution in [2.24, 2.45) is 5.92 Å². The van der Waals surface area contributed by atoms with Crippen molar-refractivity contribution in [3.8, 4) is 0 Å². The van der Waals surface area contributed by atoms with Gasteiger partial charge in [-0.25, -0.2) is 0 Å². The Kier molecular flexibility index (Phi) is 4.99. The molecular formula is C17H23N3O4. The molecule has 0 aromatic heterocycles. The number of benzene rings is 1. The number of nitro benzene ring substituents is 1. The summed E-state index contributed by atoms with van der Waals surface area (Å²) in [4.78, 5) is 25.1. The number of aliphatic hydroxyl groups excluding tert-OH is 1. The number of rotatable bonds is 5. The molecule has 1 saturated carbocycles. The Hall–Kier alpha value is -2.15. The predicted octanol–water partition coefficient (Wildman–Crippen LogP) is 2.29. The summed E-state index contributed by atoms with van der Waals surface area (Å²) in [6, 6.07) is 4.57. The summed E-state index contributed by atoms with van der Waals surface area (Å²) in [7, 11) is 0. The quantitative estimate of drug-likeness (QED) is 0.637. The number of aliphatic hydroxyl groups is 1. The molecule has 0 radical (unpaired) electrons. The average Bonchev–Trinajstić information content (AvgIpc) is 3.25. The zero-order valence-electron chi connectivity index (χ0n) is 13.6. The Bertz CT molecular complexity index is 628. The van der Waals surface area contributed by atoms with Crippen molar-refractivity contribution in [2.45, 2.75) is 44.8 Å². The van der Waals surface area contributed by atoms with Crippen molar-refractivity contribution in [1.29, 1.82) is 0 Å². The highest BCUT2D eigenvalue weighted by atomic mass is 16.6. The van der Waals surface area contributed by atoms with Crippen LogP contribution in [0, 0.1) is 16.0 Å². The van der Waals surface area contributed by atoms with Gasteiger partial charge in [0.1, 0.15) is 5.69 Å². The standard InChI is InChI=1S/C17H23N3O4/c21-11-12-5-6-16(20(23)24)15(9-12)18-14-7-8-19(10-14)17(22)13-3-1-2-4-13/h5-6,9,13-14,18,21H,1-4,7-8,10-11H2. The number of anilines is 1. The molecule has 1 amide bonds. The van der Waals surface area contributed by atoms with E-state index in [1.54, 1.807) is 12.1 Å². The van der Waals surface area contributed by atoms with Crippen molar-refractivity contribution >= 4 is 17.3 Å². The van der Waals surface area contributed by atoms with Crippen LogP contribution in [0.15, 0.2) is 18.2 Å². The Labute approximate surface area is 140 Å². The lowest BCUT2D eigenvalue weighted by atomic mass is 10.1. The molecule has 1 aromatic carbocycles. The van der Waals surface area contributed by atoms with E-state index >= 15 is 0 Å². The van der Waals surface area contributed by atoms with Gasteiger partial charge in [-0.2, -0.15) is 0 Å². The lowest BCUT2D eigenvalue weighted by Gasteiger charge is -2.21. The number of amides is 1. The average molecular weight is 333 g/mol. The van der Waals surface area contributed by atoms with Gasteiger partial charge in [-0.3, -0.25) is 14.9 Å². The maximum Gasteiger partial charge on any atom is 0.292 e. The Morgan fingerprint density at radius 2 is 2.08 bits per heavy atom. The van der Waals surface area contributed by atoms with Crippen LogP contribution >= 0.6 is 0 Å². The van der Waals surface area contributed by atoms with Crippen molar-refractivity contribution in [3.63, 3.8) is 0 Å². The van der Waals surface area contributed by atoms with Crippen LogP contribution in [0.5, 0.6) is 0 Å². The molecule has 1 aromatic rings. The Morgan fingerprint density at radius 1 is 1.33 bits per heavy atom. The van der Waals surface area contributed by atoms with Crippen LogP contribution in [0.2, 0.25) is 0 Å².